The molecular weight excluding hydrogens is 389 g/mol. The average Bonchev–Trinajstić information content (AvgIpc) is 2.93. The first-order valence-electron chi connectivity index (χ1n) is 8.68. The number of benzene rings is 2. The number of halogens is 2. The molecule has 6 nitrogen and oxygen atoms in total. The summed E-state index contributed by atoms with van der Waals surface area (Å²) in [7, 11) is 1.57. The molecule has 148 valence electrons. The molecule has 8 heteroatoms. The number of amides is 1. The molecule has 0 radical (unpaired) electrons. The Labute approximate surface area is 166 Å². The molecule has 2 aromatic carbocycles. The summed E-state index contributed by atoms with van der Waals surface area (Å²) in [5.41, 5.74) is 0.932. The molecule has 0 atom stereocenters. The Kier molecular flexibility index (Phi) is 6.36. The van der Waals surface area contributed by atoms with Gasteiger partial charge >= 0.3 is 5.97 Å². The molecule has 0 fully saturated rings. The highest BCUT2D eigenvalue weighted by atomic mass is 35.5. The number of ether oxygens (including phenoxy) is 3. The Morgan fingerprint density at radius 1 is 1.18 bits per heavy atom. The van der Waals surface area contributed by atoms with E-state index in [9.17, 15) is 14.0 Å². The van der Waals surface area contributed by atoms with Crippen LogP contribution in [-0.4, -0.2) is 43.6 Å². The molecular formula is C20H19ClFNO5. The minimum absolute atomic E-state index is 0.170. The number of rotatable bonds is 5. The quantitative estimate of drug-likeness (QED) is 0.710. The van der Waals surface area contributed by atoms with E-state index in [1.807, 2.05) is 0 Å². The van der Waals surface area contributed by atoms with E-state index < -0.39 is 18.5 Å². The van der Waals surface area contributed by atoms with Crippen LogP contribution < -0.4 is 9.47 Å². The Bertz CT molecular complexity index is 872. The highest BCUT2D eigenvalue weighted by molar-refractivity contribution is 6.32. The van der Waals surface area contributed by atoms with Gasteiger partial charge in [-0.1, -0.05) is 23.7 Å². The molecule has 0 spiro atoms. The highest BCUT2D eigenvalue weighted by Crippen LogP contribution is 2.38. The van der Waals surface area contributed by atoms with Crippen LogP contribution in [0.4, 0.5) is 4.39 Å². The molecule has 0 saturated heterocycles. The summed E-state index contributed by atoms with van der Waals surface area (Å²) in [6, 6.07) is 8.73. The average molecular weight is 408 g/mol. The van der Waals surface area contributed by atoms with Crippen LogP contribution in [0, 0.1) is 5.82 Å². The molecule has 0 saturated carbocycles. The van der Waals surface area contributed by atoms with E-state index >= 15 is 0 Å². The second-order valence-electron chi connectivity index (χ2n) is 6.29. The predicted molar refractivity (Wildman–Crippen MR) is 100 cm³/mol. The highest BCUT2D eigenvalue weighted by Gasteiger charge is 2.20. The van der Waals surface area contributed by atoms with Crippen molar-refractivity contribution in [1.29, 1.82) is 0 Å². The van der Waals surface area contributed by atoms with E-state index in [4.69, 9.17) is 25.8 Å². The number of hydrogen-bond donors (Lipinski definition) is 0. The Morgan fingerprint density at radius 3 is 2.64 bits per heavy atom. The molecule has 28 heavy (non-hydrogen) atoms. The third-order valence-corrected chi connectivity index (χ3v) is 4.40. The minimum Gasteiger partial charge on any atom is -0.489 e. The van der Waals surface area contributed by atoms with Crippen molar-refractivity contribution in [3.8, 4) is 11.5 Å². The number of carbonyl (C=O) groups is 2. The second-order valence-corrected chi connectivity index (χ2v) is 6.70. The van der Waals surface area contributed by atoms with Crippen molar-refractivity contribution in [2.24, 2.45) is 0 Å². The van der Waals surface area contributed by atoms with Gasteiger partial charge in [0, 0.05) is 20.0 Å². The van der Waals surface area contributed by atoms with Crippen LogP contribution in [0.1, 0.15) is 22.3 Å². The normalized spacial score (nSPS) is 12.8. The molecule has 3 rings (SSSR count). The monoisotopic (exact) mass is 407 g/mol. The molecule has 1 heterocycles. The fraction of sp³-hybridized carbons (Fsp3) is 0.300. The van der Waals surface area contributed by atoms with Crippen molar-refractivity contribution in [3.05, 3.63) is 58.4 Å². The maximum Gasteiger partial charge on any atom is 0.338 e. The van der Waals surface area contributed by atoms with Crippen LogP contribution in [0.2, 0.25) is 5.02 Å². The number of likely N-dealkylation sites (N-methyl/N-ethyl adjacent to an activating group) is 1. The lowest BCUT2D eigenvalue weighted by Gasteiger charge is -2.17. The Morgan fingerprint density at radius 2 is 1.89 bits per heavy atom. The molecule has 1 amide bonds. The van der Waals surface area contributed by atoms with Crippen LogP contribution in [0.3, 0.4) is 0 Å². The van der Waals surface area contributed by atoms with Crippen molar-refractivity contribution in [2.75, 3.05) is 26.9 Å². The summed E-state index contributed by atoms with van der Waals surface area (Å²) in [5.74, 6) is -0.665. The van der Waals surface area contributed by atoms with E-state index in [-0.39, 0.29) is 22.9 Å². The maximum absolute atomic E-state index is 12.9. The van der Waals surface area contributed by atoms with Gasteiger partial charge in [0.05, 0.1) is 23.8 Å². The fourth-order valence-corrected chi connectivity index (χ4v) is 2.89. The first kappa shape index (κ1) is 19.9. The summed E-state index contributed by atoms with van der Waals surface area (Å²) in [4.78, 5) is 25.9. The first-order valence-corrected chi connectivity index (χ1v) is 9.06. The largest absolute Gasteiger partial charge is 0.489 e. The van der Waals surface area contributed by atoms with Crippen LogP contribution in [-0.2, 0) is 16.1 Å². The second kappa shape index (κ2) is 8.93. The van der Waals surface area contributed by atoms with Gasteiger partial charge in [0.2, 0.25) is 0 Å². The van der Waals surface area contributed by atoms with Gasteiger partial charge in [-0.25, -0.2) is 9.18 Å². The van der Waals surface area contributed by atoms with Gasteiger partial charge in [0.15, 0.2) is 18.1 Å². The van der Waals surface area contributed by atoms with E-state index in [2.05, 4.69) is 0 Å². The minimum atomic E-state index is -0.693. The zero-order valence-electron chi connectivity index (χ0n) is 15.2. The van der Waals surface area contributed by atoms with Crippen molar-refractivity contribution in [2.45, 2.75) is 13.0 Å². The lowest BCUT2D eigenvalue weighted by atomic mass is 10.2. The van der Waals surface area contributed by atoms with Gasteiger partial charge in [0.25, 0.3) is 5.91 Å². The third kappa shape index (κ3) is 4.92. The standard InChI is InChI=1S/C20H19ClFNO5/c1-23(11-13-3-5-15(22)6-4-13)18(24)12-28-20(25)14-9-16(21)19-17(10-14)26-7-2-8-27-19/h3-6,9-10H,2,7-8,11-12H2,1H3. The maximum atomic E-state index is 12.9. The van der Waals surface area contributed by atoms with Crippen molar-refractivity contribution < 1.29 is 28.2 Å². The van der Waals surface area contributed by atoms with Crippen LogP contribution in [0.5, 0.6) is 11.5 Å². The molecule has 1 aliphatic heterocycles. The van der Waals surface area contributed by atoms with Crippen LogP contribution >= 0.6 is 11.6 Å². The van der Waals surface area contributed by atoms with Crippen molar-refractivity contribution in [3.63, 3.8) is 0 Å². The Balaban J connectivity index is 1.58. The van der Waals surface area contributed by atoms with Crippen molar-refractivity contribution in [1.82, 2.24) is 4.90 Å². The lowest BCUT2D eigenvalue weighted by molar-refractivity contribution is -0.133. The third-order valence-electron chi connectivity index (χ3n) is 4.12. The molecule has 0 aliphatic carbocycles. The van der Waals surface area contributed by atoms with Gasteiger partial charge in [0.1, 0.15) is 5.82 Å². The molecule has 0 unspecified atom stereocenters. The van der Waals surface area contributed by atoms with E-state index in [1.165, 1.54) is 29.2 Å². The molecule has 1 aliphatic rings. The number of hydrogen-bond acceptors (Lipinski definition) is 5. The summed E-state index contributed by atoms with van der Waals surface area (Å²) >= 11 is 6.16. The number of nitrogens with zero attached hydrogens (tertiary/aromatic N) is 1. The molecule has 0 aromatic heterocycles. The summed E-state index contributed by atoms with van der Waals surface area (Å²) < 4.78 is 29.1. The zero-order chi connectivity index (χ0) is 20.1. The fourth-order valence-electron chi connectivity index (χ4n) is 2.62. The smallest absolute Gasteiger partial charge is 0.338 e. The van der Waals surface area contributed by atoms with Gasteiger partial charge in [-0.2, -0.15) is 0 Å². The zero-order valence-corrected chi connectivity index (χ0v) is 16.0. The molecule has 0 N–H and O–H groups in total. The summed E-state index contributed by atoms with van der Waals surface area (Å²) in [5, 5.41) is 0.242. The Hall–Kier alpha value is -2.80. The van der Waals surface area contributed by atoms with E-state index in [0.29, 0.717) is 31.1 Å². The SMILES string of the molecule is CN(Cc1ccc(F)cc1)C(=O)COC(=O)c1cc(Cl)c2c(c1)OCCCO2. The van der Waals surface area contributed by atoms with Crippen molar-refractivity contribution >= 4 is 23.5 Å². The molecule has 2 aromatic rings. The van der Waals surface area contributed by atoms with E-state index in [0.717, 1.165) is 5.56 Å². The number of esters is 1. The first-order chi connectivity index (χ1) is 13.4. The lowest BCUT2D eigenvalue weighted by Crippen LogP contribution is -2.30. The van der Waals surface area contributed by atoms with Gasteiger partial charge < -0.3 is 19.1 Å². The van der Waals surface area contributed by atoms with Crippen LogP contribution in [0.25, 0.3) is 0 Å². The molecule has 0 bridgehead atoms. The summed E-state index contributed by atoms with van der Waals surface area (Å²) in [6.45, 7) is 0.773. The van der Waals surface area contributed by atoms with E-state index in [1.54, 1.807) is 19.2 Å². The number of fused-ring (bicyclic) bond motifs is 1. The van der Waals surface area contributed by atoms with Gasteiger partial charge in [-0.3, -0.25) is 4.79 Å². The number of carbonyl (C=O) groups excluding carboxylic acids is 2. The predicted octanol–water partition coefficient (Wildman–Crippen LogP) is 3.46. The van der Waals surface area contributed by atoms with Gasteiger partial charge in [-0.15, -0.1) is 0 Å². The summed E-state index contributed by atoms with van der Waals surface area (Å²) in [6.07, 6.45) is 0.708. The topological polar surface area (TPSA) is 65.1 Å². The van der Waals surface area contributed by atoms with Gasteiger partial charge in [-0.05, 0) is 29.8 Å². The van der Waals surface area contributed by atoms with Crippen LogP contribution in [0.15, 0.2) is 36.4 Å².